The smallest absolute Gasteiger partial charge is 0.224 e. The summed E-state index contributed by atoms with van der Waals surface area (Å²) in [4.78, 5) is 0. The number of rotatable bonds is 5. The van der Waals surface area contributed by atoms with Crippen LogP contribution in [0.15, 0.2) is 30.3 Å². The van der Waals surface area contributed by atoms with Crippen molar-refractivity contribution in [1.82, 2.24) is 9.59 Å². The Balaban J connectivity index is 2.18. The fraction of sp³-hybridized carbons (Fsp3) is 0.273. The number of aromatic nitrogens is 2. The fourth-order valence-electron chi connectivity index (χ4n) is 1.36. The van der Waals surface area contributed by atoms with Gasteiger partial charge >= 0.3 is 0 Å². The van der Waals surface area contributed by atoms with E-state index < -0.39 is 6.29 Å². The molecule has 1 unspecified atom stereocenters. The van der Waals surface area contributed by atoms with Crippen LogP contribution in [0, 0.1) is 0 Å². The van der Waals surface area contributed by atoms with Crippen molar-refractivity contribution < 1.29 is 9.84 Å². The minimum atomic E-state index is -0.912. The Morgan fingerprint density at radius 1 is 1.35 bits per heavy atom. The molecule has 0 radical (unpaired) electrons. The molecule has 90 valence electrons. The van der Waals surface area contributed by atoms with Gasteiger partial charge in [0.1, 0.15) is 5.69 Å². The highest BCUT2D eigenvalue weighted by Crippen LogP contribution is 2.31. The van der Waals surface area contributed by atoms with Crippen molar-refractivity contribution in [3.8, 4) is 16.3 Å². The number of ether oxygens (including phenoxy) is 1. The number of nitrogens with two attached hydrogens (primary N) is 1. The van der Waals surface area contributed by atoms with Gasteiger partial charge < -0.3 is 15.6 Å². The SMILES string of the molecule is NCCC(O)Oc1snnc1-c1ccccc1. The van der Waals surface area contributed by atoms with Crippen molar-refractivity contribution in [2.24, 2.45) is 5.73 Å². The van der Waals surface area contributed by atoms with E-state index in [1.165, 1.54) is 0 Å². The predicted octanol–water partition coefficient (Wildman–Crippen LogP) is 1.25. The molecule has 0 aliphatic carbocycles. The maximum absolute atomic E-state index is 9.54. The van der Waals surface area contributed by atoms with E-state index in [1.54, 1.807) is 0 Å². The Bertz CT molecular complexity index is 461. The normalized spacial score (nSPS) is 12.4. The minimum Gasteiger partial charge on any atom is -0.452 e. The van der Waals surface area contributed by atoms with Crippen LogP contribution in [0.3, 0.4) is 0 Å². The summed E-state index contributed by atoms with van der Waals surface area (Å²) in [5, 5.41) is 14.1. The third-order valence-corrected chi connectivity index (χ3v) is 2.78. The maximum Gasteiger partial charge on any atom is 0.224 e. The van der Waals surface area contributed by atoms with E-state index >= 15 is 0 Å². The van der Waals surface area contributed by atoms with Crippen LogP contribution in [-0.4, -0.2) is 27.5 Å². The second kappa shape index (κ2) is 5.72. The molecule has 0 saturated carbocycles. The zero-order valence-electron chi connectivity index (χ0n) is 9.11. The van der Waals surface area contributed by atoms with Crippen LogP contribution in [0.4, 0.5) is 0 Å². The molecule has 0 aliphatic rings. The van der Waals surface area contributed by atoms with Gasteiger partial charge in [-0.1, -0.05) is 34.8 Å². The largest absolute Gasteiger partial charge is 0.452 e. The van der Waals surface area contributed by atoms with Crippen LogP contribution in [0.2, 0.25) is 0 Å². The summed E-state index contributed by atoms with van der Waals surface area (Å²) in [6, 6.07) is 9.58. The van der Waals surface area contributed by atoms with Crippen LogP contribution in [0.5, 0.6) is 5.06 Å². The van der Waals surface area contributed by atoms with Crippen molar-refractivity contribution in [3.63, 3.8) is 0 Å². The fourth-order valence-corrected chi connectivity index (χ4v) is 1.95. The molecule has 0 saturated heterocycles. The van der Waals surface area contributed by atoms with Gasteiger partial charge in [-0.25, -0.2) is 0 Å². The quantitative estimate of drug-likeness (QED) is 0.782. The molecule has 2 aromatic rings. The van der Waals surface area contributed by atoms with Gasteiger partial charge in [-0.2, -0.15) is 0 Å². The molecule has 0 amide bonds. The van der Waals surface area contributed by atoms with Gasteiger partial charge in [0.05, 0.1) is 0 Å². The van der Waals surface area contributed by atoms with E-state index in [4.69, 9.17) is 10.5 Å². The van der Waals surface area contributed by atoms with Crippen LogP contribution in [0.25, 0.3) is 11.3 Å². The number of benzene rings is 1. The number of aliphatic hydroxyl groups excluding tert-OH is 1. The highest BCUT2D eigenvalue weighted by atomic mass is 32.1. The van der Waals surface area contributed by atoms with Crippen LogP contribution in [0.1, 0.15) is 6.42 Å². The molecule has 0 aliphatic heterocycles. The molecule has 1 aromatic carbocycles. The van der Waals surface area contributed by atoms with Gasteiger partial charge in [-0.15, -0.1) is 5.10 Å². The minimum absolute atomic E-state index is 0.369. The van der Waals surface area contributed by atoms with E-state index in [9.17, 15) is 5.11 Å². The molecule has 1 atom stereocenters. The van der Waals surface area contributed by atoms with E-state index in [0.717, 1.165) is 17.1 Å². The molecule has 5 nitrogen and oxygen atoms in total. The van der Waals surface area contributed by atoms with Gasteiger partial charge in [-0.05, 0) is 6.54 Å². The summed E-state index contributed by atoms with van der Waals surface area (Å²) >= 11 is 1.11. The molecule has 6 heteroatoms. The first-order chi connectivity index (χ1) is 8.31. The molecular formula is C11H13N3O2S. The first kappa shape index (κ1) is 12.0. The Hall–Kier alpha value is -1.50. The topological polar surface area (TPSA) is 81.3 Å². The van der Waals surface area contributed by atoms with Crippen molar-refractivity contribution in [2.45, 2.75) is 12.7 Å². The summed E-state index contributed by atoms with van der Waals surface area (Å²) in [7, 11) is 0. The zero-order valence-corrected chi connectivity index (χ0v) is 9.93. The van der Waals surface area contributed by atoms with E-state index in [-0.39, 0.29) is 0 Å². The maximum atomic E-state index is 9.54. The lowest BCUT2D eigenvalue weighted by Gasteiger charge is -2.10. The van der Waals surface area contributed by atoms with Gasteiger partial charge in [0, 0.05) is 23.5 Å². The number of aliphatic hydroxyl groups is 1. The second-order valence-corrected chi connectivity index (χ2v) is 4.14. The highest BCUT2D eigenvalue weighted by molar-refractivity contribution is 7.08. The van der Waals surface area contributed by atoms with Crippen molar-refractivity contribution in [2.75, 3.05) is 6.54 Å². The Morgan fingerprint density at radius 3 is 2.82 bits per heavy atom. The Kier molecular flexibility index (Phi) is 4.03. The Morgan fingerprint density at radius 2 is 2.12 bits per heavy atom. The van der Waals surface area contributed by atoms with E-state index in [0.29, 0.717) is 23.7 Å². The molecule has 2 rings (SSSR count). The van der Waals surface area contributed by atoms with E-state index in [2.05, 4.69) is 9.59 Å². The van der Waals surface area contributed by atoms with Crippen molar-refractivity contribution in [3.05, 3.63) is 30.3 Å². The average Bonchev–Trinajstić information content (AvgIpc) is 2.78. The van der Waals surface area contributed by atoms with Crippen LogP contribution >= 0.6 is 11.5 Å². The lowest BCUT2D eigenvalue weighted by molar-refractivity contribution is -0.0178. The predicted molar refractivity (Wildman–Crippen MR) is 65.7 cm³/mol. The summed E-state index contributed by atoms with van der Waals surface area (Å²) in [6.45, 7) is 0.369. The van der Waals surface area contributed by atoms with E-state index in [1.807, 2.05) is 30.3 Å². The average molecular weight is 251 g/mol. The van der Waals surface area contributed by atoms with Gasteiger partial charge in [0.15, 0.2) is 6.29 Å². The summed E-state index contributed by atoms with van der Waals surface area (Å²) in [6.07, 6.45) is -0.531. The summed E-state index contributed by atoms with van der Waals surface area (Å²) in [5.74, 6) is 0. The van der Waals surface area contributed by atoms with Crippen molar-refractivity contribution >= 4 is 11.5 Å². The third kappa shape index (κ3) is 3.00. The monoisotopic (exact) mass is 251 g/mol. The lowest BCUT2D eigenvalue weighted by Crippen LogP contribution is -2.19. The molecular weight excluding hydrogens is 238 g/mol. The first-order valence-electron chi connectivity index (χ1n) is 5.24. The molecule has 1 heterocycles. The molecule has 3 N–H and O–H groups in total. The highest BCUT2D eigenvalue weighted by Gasteiger charge is 2.14. The molecule has 0 fully saturated rings. The van der Waals surface area contributed by atoms with Gasteiger partial charge in [0.2, 0.25) is 5.06 Å². The number of hydrogen-bond donors (Lipinski definition) is 2. The number of nitrogens with zero attached hydrogens (tertiary/aromatic N) is 2. The standard InChI is InChI=1S/C11H13N3O2S/c12-7-6-9(15)16-11-10(13-14-17-11)8-4-2-1-3-5-8/h1-5,9,15H,6-7,12H2. The third-order valence-electron chi connectivity index (χ3n) is 2.16. The lowest BCUT2D eigenvalue weighted by atomic mass is 10.2. The van der Waals surface area contributed by atoms with Crippen molar-refractivity contribution in [1.29, 1.82) is 0 Å². The van der Waals surface area contributed by atoms with Crippen LogP contribution < -0.4 is 10.5 Å². The first-order valence-corrected chi connectivity index (χ1v) is 6.01. The molecule has 0 spiro atoms. The molecule has 1 aromatic heterocycles. The molecule has 0 bridgehead atoms. The van der Waals surface area contributed by atoms with Gasteiger partial charge in [0.25, 0.3) is 0 Å². The second-order valence-electron chi connectivity index (χ2n) is 3.42. The number of hydrogen-bond acceptors (Lipinski definition) is 6. The summed E-state index contributed by atoms with van der Waals surface area (Å²) < 4.78 is 9.19. The summed E-state index contributed by atoms with van der Waals surface area (Å²) in [5.41, 5.74) is 6.90. The zero-order chi connectivity index (χ0) is 12.1. The Labute approximate surface area is 103 Å². The molecule has 17 heavy (non-hydrogen) atoms. The van der Waals surface area contributed by atoms with Crippen LogP contribution in [-0.2, 0) is 0 Å². The van der Waals surface area contributed by atoms with Gasteiger partial charge in [-0.3, -0.25) is 0 Å².